The predicted octanol–water partition coefficient (Wildman–Crippen LogP) is -4.48. The first-order valence-electron chi connectivity index (χ1n) is 27.2. The van der Waals surface area contributed by atoms with Gasteiger partial charge in [0.1, 0.15) is 73.2 Å². The highest BCUT2D eigenvalue weighted by atomic mass is 16.6. The number of anilines is 4. The lowest BCUT2D eigenvalue weighted by molar-refractivity contribution is -0.0578. The highest BCUT2D eigenvalue weighted by Gasteiger charge is 2.48. The van der Waals surface area contributed by atoms with E-state index in [-0.39, 0.29) is 72.5 Å². The number of aromatic amines is 4. The van der Waals surface area contributed by atoms with Crippen LogP contribution in [0.25, 0.3) is 44.1 Å². The minimum absolute atomic E-state index is 0.0293. The van der Waals surface area contributed by atoms with Crippen molar-refractivity contribution >= 4 is 67.9 Å². The smallest absolute Gasteiger partial charge is 0.262 e. The third kappa shape index (κ3) is 12.1. The fraction of sp³-hybridized carbons (Fsp3) is 0.538. The molecule has 8 unspecified atom stereocenters. The fourth-order valence-corrected chi connectivity index (χ4v) is 11.2. The Balaban J connectivity index is 0.000000140. The van der Waals surface area contributed by atoms with E-state index in [4.69, 9.17) is 60.8 Å². The monoisotopic (exact) mass is 1240 g/mol. The van der Waals surface area contributed by atoms with Crippen LogP contribution in [0.4, 0.5) is 23.8 Å². The molecular formula is C52H72N16O20. The third-order valence-electron chi connectivity index (χ3n) is 15.3. The molecule has 0 bridgehead atoms. The lowest BCUT2D eigenvalue weighted by Crippen LogP contribution is -2.33. The van der Waals surface area contributed by atoms with Crippen LogP contribution in [0.3, 0.4) is 0 Å². The summed E-state index contributed by atoms with van der Waals surface area (Å²) < 4.78 is 48.5. The number of aryl methyl sites for hydroxylation is 4. The van der Waals surface area contributed by atoms with E-state index in [0.717, 1.165) is 0 Å². The average Bonchev–Trinajstić information content (AvgIpc) is 2.78. The summed E-state index contributed by atoms with van der Waals surface area (Å²) in [5, 5.41) is 82.5. The molecule has 4 aliphatic heterocycles. The summed E-state index contributed by atoms with van der Waals surface area (Å²) in [5.74, 6) is -0.117. The first-order chi connectivity index (χ1) is 41.7. The van der Waals surface area contributed by atoms with Crippen molar-refractivity contribution < 1.29 is 78.7 Å². The molecule has 4 aliphatic rings. The van der Waals surface area contributed by atoms with Gasteiger partial charge in [0, 0.05) is 53.2 Å². The van der Waals surface area contributed by atoms with Crippen LogP contribution in [0.1, 0.15) is 47.2 Å². The fourth-order valence-electron chi connectivity index (χ4n) is 11.2. The molecule has 0 aliphatic carbocycles. The SMILES string of the molecule is COC[C@H]1O[C@@H](n2cc(C)c3c(=O)[nH]c(N)nc32)C(O)C1O.COC[C@H]1O[C@@H](n2cc(C)c3c(=O)[nH]c(N)nc32)C(O)C1O.COC[C@H]1O[C@@H](n2cc(C)c3c(=O)[nH]c(N)nc32)C(O)C1O.COC[C@H]1O[C@@H](n2cc(C)c3c(=O)[nH]c(N)nc32)C(O)C1O. The molecule has 36 nitrogen and oxygen atoms in total. The van der Waals surface area contributed by atoms with Crippen LogP contribution < -0.4 is 45.2 Å². The first kappa shape index (κ1) is 64.7. The molecule has 480 valence electrons. The molecule has 88 heavy (non-hydrogen) atoms. The molecular weight excluding hydrogens is 1170 g/mol. The van der Waals surface area contributed by atoms with Gasteiger partial charge in [-0.2, -0.15) is 19.9 Å². The minimum atomic E-state index is -1.17. The van der Waals surface area contributed by atoms with E-state index in [9.17, 15) is 60.0 Å². The normalized spacial score (nSPS) is 28.5. The van der Waals surface area contributed by atoms with Crippen LogP contribution in [0.5, 0.6) is 0 Å². The summed E-state index contributed by atoms with van der Waals surface area (Å²) in [6.07, 6.45) is -8.65. The quantitative estimate of drug-likeness (QED) is 0.0548. The van der Waals surface area contributed by atoms with Gasteiger partial charge in [-0.25, -0.2) is 0 Å². The molecule has 4 saturated heterocycles. The summed E-state index contributed by atoms with van der Waals surface area (Å²) in [6, 6.07) is 0. The van der Waals surface area contributed by atoms with Crippen molar-refractivity contribution in [2.75, 3.05) is 77.8 Å². The van der Waals surface area contributed by atoms with Crippen LogP contribution in [-0.4, -0.2) is 227 Å². The number of fused-ring (bicyclic) bond motifs is 4. The molecule has 12 rings (SSSR count). The lowest BCUT2D eigenvalue weighted by Gasteiger charge is -2.17. The highest BCUT2D eigenvalue weighted by molar-refractivity contribution is 5.82. The van der Waals surface area contributed by atoms with Gasteiger partial charge >= 0.3 is 0 Å². The topological polar surface area (TPSA) is 542 Å². The predicted molar refractivity (Wildman–Crippen MR) is 309 cm³/mol. The lowest BCUT2D eigenvalue weighted by atomic mass is 10.1. The number of aliphatic hydroxyl groups excluding tert-OH is 8. The van der Waals surface area contributed by atoms with Crippen LogP contribution in [0, 0.1) is 27.7 Å². The second-order valence-corrected chi connectivity index (χ2v) is 21.5. The number of methoxy groups -OCH3 is 4. The number of nitrogen functional groups attached to an aromatic ring is 4. The van der Waals surface area contributed by atoms with Crippen molar-refractivity contribution in [2.24, 2.45) is 0 Å². The Hall–Kier alpha value is -7.76. The van der Waals surface area contributed by atoms with E-state index < -0.39 is 98.2 Å². The minimum Gasteiger partial charge on any atom is -0.387 e. The molecule has 16 atom stereocenters. The summed E-state index contributed by atoms with van der Waals surface area (Å²) in [4.78, 5) is 74.2. The number of hydrogen-bond acceptors (Lipinski definition) is 28. The number of rotatable bonds is 12. The summed E-state index contributed by atoms with van der Waals surface area (Å²) in [7, 11) is 5.92. The van der Waals surface area contributed by atoms with E-state index >= 15 is 0 Å². The maximum Gasteiger partial charge on any atom is 0.262 e. The second-order valence-electron chi connectivity index (χ2n) is 21.5. The van der Waals surface area contributed by atoms with Gasteiger partial charge in [0.15, 0.2) is 47.5 Å². The van der Waals surface area contributed by atoms with Crippen LogP contribution in [-0.2, 0) is 37.9 Å². The summed E-state index contributed by atoms with van der Waals surface area (Å²) >= 11 is 0. The van der Waals surface area contributed by atoms with Gasteiger partial charge in [-0.05, 0) is 49.9 Å². The summed E-state index contributed by atoms with van der Waals surface area (Å²) in [5.41, 5.74) is 24.8. The average molecular weight is 1240 g/mol. The van der Waals surface area contributed by atoms with Crippen molar-refractivity contribution in [2.45, 2.75) is 126 Å². The Morgan fingerprint density at radius 1 is 0.375 bits per heavy atom. The maximum absolute atomic E-state index is 12.0. The molecule has 12 heterocycles. The van der Waals surface area contributed by atoms with Crippen LogP contribution >= 0.6 is 0 Å². The Morgan fingerprint density at radius 3 is 0.727 bits per heavy atom. The molecule has 0 radical (unpaired) electrons. The van der Waals surface area contributed by atoms with Crippen molar-refractivity contribution in [1.82, 2.24) is 58.1 Å². The largest absolute Gasteiger partial charge is 0.387 e. The number of nitrogens with zero attached hydrogens (tertiary/aromatic N) is 8. The van der Waals surface area contributed by atoms with Crippen LogP contribution in [0.15, 0.2) is 44.0 Å². The van der Waals surface area contributed by atoms with Gasteiger partial charge in [-0.15, -0.1) is 0 Å². The molecule has 4 fully saturated rings. The van der Waals surface area contributed by atoms with Crippen LogP contribution in [0.2, 0.25) is 0 Å². The van der Waals surface area contributed by atoms with E-state index in [2.05, 4.69) is 39.9 Å². The molecule has 20 N–H and O–H groups in total. The van der Waals surface area contributed by atoms with E-state index in [1.54, 1.807) is 52.5 Å². The number of ether oxygens (including phenoxy) is 8. The van der Waals surface area contributed by atoms with Gasteiger partial charge in [0.05, 0.1) is 48.0 Å². The molecule has 8 aromatic rings. The van der Waals surface area contributed by atoms with Gasteiger partial charge in [-0.1, -0.05) is 0 Å². The van der Waals surface area contributed by atoms with Crippen molar-refractivity contribution in [1.29, 1.82) is 0 Å². The summed E-state index contributed by atoms with van der Waals surface area (Å²) in [6.45, 7) is 7.55. The van der Waals surface area contributed by atoms with Gasteiger partial charge in [0.25, 0.3) is 22.2 Å². The first-order valence-corrected chi connectivity index (χ1v) is 27.2. The number of hydrogen-bond donors (Lipinski definition) is 16. The van der Waals surface area contributed by atoms with Gasteiger partial charge in [-0.3, -0.25) is 39.1 Å². The standard InChI is InChI=1S/4C13H18N4O5/c4*1-5-3-17(10-7(5)11(20)16-13(14)15-10)12-9(19)8(18)6(22-12)4-21-2/h4*3,6,8-9,12,18-19H,4H2,1-2H3,(H3,14,15,16,20)/t4*6-,8?,9?,12-/m1111/s1. The highest BCUT2D eigenvalue weighted by Crippen LogP contribution is 2.37. The Bertz CT molecular complexity index is 3530. The van der Waals surface area contributed by atoms with Gasteiger partial charge in [0.2, 0.25) is 23.8 Å². The van der Waals surface area contributed by atoms with Crippen molar-refractivity contribution in [3.63, 3.8) is 0 Å². The Morgan fingerprint density at radius 2 is 0.557 bits per heavy atom. The maximum atomic E-state index is 12.0. The van der Waals surface area contributed by atoms with Crippen molar-refractivity contribution in [3.8, 4) is 0 Å². The van der Waals surface area contributed by atoms with Crippen molar-refractivity contribution in [3.05, 3.63) is 88.5 Å². The van der Waals surface area contributed by atoms with E-state index in [0.29, 0.717) is 66.4 Å². The Kier molecular flexibility index (Phi) is 19.2. The van der Waals surface area contributed by atoms with E-state index in [1.165, 1.54) is 46.7 Å². The third-order valence-corrected chi connectivity index (χ3v) is 15.3. The molecule has 0 amide bonds. The number of nitrogens with one attached hydrogen (secondary N) is 4. The number of nitrogens with two attached hydrogens (primary N) is 4. The number of H-pyrrole nitrogens is 4. The molecule has 0 spiro atoms. The zero-order valence-corrected chi connectivity index (χ0v) is 48.7. The Labute approximate surface area is 495 Å². The number of aliphatic hydroxyl groups is 8. The molecule has 8 aromatic heterocycles. The molecule has 36 heteroatoms. The van der Waals surface area contributed by atoms with E-state index in [1.807, 2.05) is 0 Å². The molecule has 0 saturated carbocycles. The van der Waals surface area contributed by atoms with Gasteiger partial charge < -0.3 is 120 Å². The second kappa shape index (κ2) is 26.1. The zero-order chi connectivity index (χ0) is 64.1. The number of aromatic nitrogens is 12. The zero-order valence-electron chi connectivity index (χ0n) is 48.7. The molecule has 0 aromatic carbocycles.